The van der Waals surface area contributed by atoms with Crippen LogP contribution in [0.5, 0.6) is 0 Å². The molecule has 1 unspecified atom stereocenters. The molecule has 0 radical (unpaired) electrons. The molecule has 1 aliphatic rings. The van der Waals surface area contributed by atoms with E-state index in [9.17, 15) is 9.59 Å². The molecule has 1 amide bonds. The Hall–Kier alpha value is -1.49. The van der Waals surface area contributed by atoms with Gasteiger partial charge in [-0.3, -0.25) is 4.79 Å². The highest BCUT2D eigenvalue weighted by molar-refractivity contribution is 8.01. The number of fused-ring (bicyclic) bond motifs is 1. The summed E-state index contributed by atoms with van der Waals surface area (Å²) in [4.78, 5) is 26.9. The third-order valence-electron chi connectivity index (χ3n) is 3.13. The van der Waals surface area contributed by atoms with E-state index < -0.39 is 0 Å². The van der Waals surface area contributed by atoms with Crippen molar-refractivity contribution >= 4 is 29.3 Å². The fourth-order valence-corrected chi connectivity index (χ4v) is 3.25. The summed E-state index contributed by atoms with van der Waals surface area (Å²) in [7, 11) is 0. The summed E-state index contributed by atoms with van der Waals surface area (Å²) in [6.45, 7) is 7.97. The highest BCUT2D eigenvalue weighted by Gasteiger charge is 2.32. The second kappa shape index (κ2) is 5.87. The normalized spacial score (nSPS) is 18.1. The quantitative estimate of drug-likeness (QED) is 0.803. The maximum atomic E-state index is 12.3. The van der Waals surface area contributed by atoms with Crippen LogP contribution < -0.4 is 4.90 Å². The Bertz CT molecular complexity index is 542. The second-order valence-electron chi connectivity index (χ2n) is 4.97. The summed E-state index contributed by atoms with van der Waals surface area (Å²) in [5.41, 5.74) is 1.29. The maximum absolute atomic E-state index is 12.3. The molecule has 1 aliphatic heterocycles. The van der Waals surface area contributed by atoms with Crippen LogP contribution in [0.25, 0.3) is 0 Å². The van der Waals surface area contributed by atoms with Gasteiger partial charge in [-0.1, -0.05) is 0 Å². The maximum Gasteiger partial charge on any atom is 0.338 e. The van der Waals surface area contributed by atoms with Crippen LogP contribution in [-0.2, 0) is 9.53 Å². The molecule has 0 aromatic heterocycles. The van der Waals surface area contributed by atoms with Gasteiger partial charge in [-0.15, -0.1) is 11.8 Å². The lowest BCUT2D eigenvalue weighted by molar-refractivity contribution is -0.118. The van der Waals surface area contributed by atoms with Crippen molar-refractivity contribution in [3.05, 3.63) is 23.8 Å². The SMILES string of the molecule is CCOC(=O)c1ccc2c(c1)N(C(C)C)C(=O)C(C)S2. The molecule has 20 heavy (non-hydrogen) atoms. The Labute approximate surface area is 123 Å². The van der Waals surface area contributed by atoms with E-state index >= 15 is 0 Å². The average Bonchev–Trinajstić information content (AvgIpc) is 2.39. The molecule has 0 fully saturated rings. The number of ether oxygens (including phenoxy) is 1. The van der Waals surface area contributed by atoms with Crippen molar-refractivity contribution in [3.8, 4) is 0 Å². The fraction of sp³-hybridized carbons (Fsp3) is 0.467. The molecule has 4 nitrogen and oxygen atoms in total. The van der Waals surface area contributed by atoms with Crippen LogP contribution in [0, 0.1) is 0 Å². The molecule has 2 rings (SSSR count). The summed E-state index contributed by atoms with van der Waals surface area (Å²) in [6, 6.07) is 5.46. The van der Waals surface area contributed by atoms with Gasteiger partial charge >= 0.3 is 5.97 Å². The Balaban J connectivity index is 2.45. The standard InChI is InChI=1S/C15H19NO3S/c1-5-19-15(18)11-6-7-13-12(8-11)16(9(2)3)14(17)10(4)20-13/h6-10H,5H2,1-4H3. The van der Waals surface area contributed by atoms with Crippen LogP contribution in [0.2, 0.25) is 0 Å². The smallest absolute Gasteiger partial charge is 0.338 e. The molecule has 1 aromatic carbocycles. The van der Waals surface area contributed by atoms with Crippen LogP contribution in [0.1, 0.15) is 38.1 Å². The van der Waals surface area contributed by atoms with Gasteiger partial charge in [0.1, 0.15) is 0 Å². The van der Waals surface area contributed by atoms with E-state index in [0.717, 1.165) is 10.6 Å². The third kappa shape index (κ3) is 2.68. The van der Waals surface area contributed by atoms with E-state index in [1.54, 1.807) is 24.0 Å². The largest absolute Gasteiger partial charge is 0.462 e. The lowest BCUT2D eigenvalue weighted by Gasteiger charge is -2.35. The number of thioether (sulfide) groups is 1. The van der Waals surface area contributed by atoms with Gasteiger partial charge in [0.2, 0.25) is 5.91 Å². The summed E-state index contributed by atoms with van der Waals surface area (Å²) >= 11 is 1.53. The first kappa shape index (κ1) is 14.9. The number of benzene rings is 1. The molecule has 0 saturated carbocycles. The number of carbonyl (C=O) groups excluding carboxylic acids is 2. The molecule has 1 aromatic rings. The molecule has 108 valence electrons. The first-order valence-corrected chi connectivity index (χ1v) is 7.64. The zero-order valence-corrected chi connectivity index (χ0v) is 13.0. The van der Waals surface area contributed by atoms with Crippen molar-refractivity contribution in [1.29, 1.82) is 0 Å². The number of hydrogen-bond acceptors (Lipinski definition) is 4. The zero-order valence-electron chi connectivity index (χ0n) is 12.2. The van der Waals surface area contributed by atoms with Gasteiger partial charge in [0.15, 0.2) is 0 Å². The van der Waals surface area contributed by atoms with Gasteiger partial charge < -0.3 is 9.64 Å². The number of nitrogens with zero attached hydrogens (tertiary/aromatic N) is 1. The molecule has 1 heterocycles. The lowest BCUT2D eigenvalue weighted by Crippen LogP contribution is -2.44. The van der Waals surface area contributed by atoms with Crippen molar-refractivity contribution in [2.75, 3.05) is 11.5 Å². The Morgan fingerprint density at radius 2 is 2.15 bits per heavy atom. The van der Waals surface area contributed by atoms with Gasteiger partial charge in [0.05, 0.1) is 23.1 Å². The van der Waals surface area contributed by atoms with Gasteiger partial charge in [0.25, 0.3) is 0 Å². The monoisotopic (exact) mass is 293 g/mol. The van der Waals surface area contributed by atoms with E-state index in [1.165, 1.54) is 11.8 Å². The third-order valence-corrected chi connectivity index (χ3v) is 4.29. The predicted octanol–water partition coefficient (Wildman–Crippen LogP) is 3.10. The Morgan fingerprint density at radius 3 is 2.75 bits per heavy atom. The molecule has 0 spiro atoms. The second-order valence-corrected chi connectivity index (χ2v) is 6.35. The number of amides is 1. The van der Waals surface area contributed by atoms with Gasteiger partial charge in [-0.05, 0) is 45.9 Å². The average molecular weight is 293 g/mol. The Kier molecular flexibility index (Phi) is 4.38. The molecule has 0 saturated heterocycles. The molecular weight excluding hydrogens is 274 g/mol. The van der Waals surface area contributed by atoms with Crippen LogP contribution in [-0.4, -0.2) is 29.8 Å². The van der Waals surface area contributed by atoms with Crippen molar-refractivity contribution in [2.45, 2.75) is 43.9 Å². The van der Waals surface area contributed by atoms with Crippen LogP contribution in [0.3, 0.4) is 0 Å². The predicted molar refractivity (Wildman–Crippen MR) is 80.3 cm³/mol. The van der Waals surface area contributed by atoms with Crippen molar-refractivity contribution in [1.82, 2.24) is 0 Å². The topological polar surface area (TPSA) is 46.6 Å². The summed E-state index contributed by atoms with van der Waals surface area (Å²) < 4.78 is 5.01. The number of esters is 1. The molecular formula is C15H19NO3S. The summed E-state index contributed by atoms with van der Waals surface area (Å²) in [5, 5.41) is -0.0988. The van der Waals surface area contributed by atoms with E-state index in [0.29, 0.717) is 12.2 Å². The van der Waals surface area contributed by atoms with Crippen LogP contribution >= 0.6 is 11.8 Å². The first-order chi connectivity index (χ1) is 9.45. The fourth-order valence-electron chi connectivity index (χ4n) is 2.23. The van der Waals surface area contributed by atoms with E-state index in [1.807, 2.05) is 26.8 Å². The van der Waals surface area contributed by atoms with Crippen LogP contribution in [0.15, 0.2) is 23.1 Å². The van der Waals surface area contributed by atoms with Crippen molar-refractivity contribution in [2.24, 2.45) is 0 Å². The number of carbonyl (C=O) groups is 2. The minimum Gasteiger partial charge on any atom is -0.462 e. The molecule has 5 heteroatoms. The molecule has 0 N–H and O–H groups in total. The van der Waals surface area contributed by atoms with Crippen molar-refractivity contribution in [3.63, 3.8) is 0 Å². The van der Waals surface area contributed by atoms with Gasteiger partial charge in [-0.25, -0.2) is 4.79 Å². The number of rotatable bonds is 3. The van der Waals surface area contributed by atoms with Crippen molar-refractivity contribution < 1.29 is 14.3 Å². The van der Waals surface area contributed by atoms with E-state index in [2.05, 4.69) is 0 Å². The van der Waals surface area contributed by atoms with Crippen LogP contribution in [0.4, 0.5) is 5.69 Å². The van der Waals surface area contributed by atoms with E-state index in [4.69, 9.17) is 4.74 Å². The Morgan fingerprint density at radius 1 is 1.45 bits per heavy atom. The summed E-state index contributed by atoms with van der Waals surface area (Å²) in [5.74, 6) is -0.270. The highest BCUT2D eigenvalue weighted by Crippen LogP contribution is 2.40. The minimum absolute atomic E-state index is 0.0574. The lowest BCUT2D eigenvalue weighted by atomic mass is 10.1. The molecule has 0 bridgehead atoms. The molecule has 0 aliphatic carbocycles. The molecule has 1 atom stereocenters. The minimum atomic E-state index is -0.352. The number of hydrogen-bond donors (Lipinski definition) is 0. The number of anilines is 1. The first-order valence-electron chi connectivity index (χ1n) is 6.76. The summed E-state index contributed by atoms with van der Waals surface area (Å²) in [6.07, 6.45) is 0. The zero-order chi connectivity index (χ0) is 14.9. The highest BCUT2D eigenvalue weighted by atomic mass is 32.2. The van der Waals surface area contributed by atoms with Gasteiger partial charge in [0, 0.05) is 10.9 Å². The van der Waals surface area contributed by atoms with E-state index in [-0.39, 0.29) is 23.2 Å². The van der Waals surface area contributed by atoms with Gasteiger partial charge in [-0.2, -0.15) is 0 Å².